The Balaban J connectivity index is 1.61. The van der Waals surface area contributed by atoms with Gasteiger partial charge in [-0.3, -0.25) is 9.40 Å². The molecule has 2 aromatic heterocycles. The molecule has 0 spiro atoms. The number of hydrogen-bond acceptors (Lipinski definition) is 8. The number of hydrogen-bond donors (Lipinski definition) is 1. The van der Waals surface area contributed by atoms with E-state index in [-0.39, 0.29) is 28.3 Å². The number of nitrogens with zero attached hydrogens (tertiary/aromatic N) is 3. The second-order valence-corrected chi connectivity index (χ2v) is 9.30. The Labute approximate surface area is 190 Å². The second-order valence-electron chi connectivity index (χ2n) is 7.68. The van der Waals surface area contributed by atoms with Crippen LogP contribution in [0, 0.1) is 0 Å². The third kappa shape index (κ3) is 3.63. The van der Waals surface area contributed by atoms with Crippen LogP contribution in [0.3, 0.4) is 0 Å². The fourth-order valence-electron chi connectivity index (χ4n) is 4.09. The number of rotatable bonds is 7. The largest absolute Gasteiger partial charge is 0.495 e. The maximum Gasteiger partial charge on any atom is 0.270 e. The minimum atomic E-state index is -4.13. The van der Waals surface area contributed by atoms with Crippen molar-refractivity contribution in [3.8, 4) is 17.2 Å². The van der Waals surface area contributed by atoms with Gasteiger partial charge in [0.2, 0.25) is 0 Å². The number of aromatic nitrogens is 3. The molecule has 0 aliphatic carbocycles. The Bertz CT molecular complexity index is 1410. The van der Waals surface area contributed by atoms with Gasteiger partial charge in [-0.25, -0.2) is 8.42 Å². The molecule has 1 aliphatic rings. The molecule has 33 heavy (non-hydrogen) atoms. The lowest BCUT2D eigenvalue weighted by Crippen LogP contribution is -2.16. The van der Waals surface area contributed by atoms with E-state index in [0.29, 0.717) is 29.7 Å². The Morgan fingerprint density at radius 3 is 2.64 bits per heavy atom. The smallest absolute Gasteiger partial charge is 0.270 e. The standard InChI is InChI=1S/C22H22N4O6S/c1-13-10-15-14(12-26-9-5-8-23-26)11-18-19(20(15)31-13)22(24-32-18)25-33(27,28)21-16(29-2)6-4-7-17(21)30-3/h4-9,11,13H,10,12H2,1-3H3,(H,24,25). The summed E-state index contributed by atoms with van der Waals surface area (Å²) in [6.45, 7) is 2.49. The van der Waals surface area contributed by atoms with Crippen LogP contribution >= 0.6 is 0 Å². The second kappa shape index (κ2) is 8.00. The minimum Gasteiger partial charge on any atom is -0.495 e. The first-order valence-electron chi connectivity index (χ1n) is 10.2. The number of nitrogens with one attached hydrogen (secondary N) is 1. The van der Waals surface area contributed by atoms with E-state index in [1.165, 1.54) is 14.2 Å². The Morgan fingerprint density at radius 2 is 1.97 bits per heavy atom. The summed E-state index contributed by atoms with van der Waals surface area (Å²) >= 11 is 0. The van der Waals surface area contributed by atoms with Crippen molar-refractivity contribution >= 4 is 26.8 Å². The van der Waals surface area contributed by atoms with Crippen molar-refractivity contribution in [2.24, 2.45) is 0 Å². The van der Waals surface area contributed by atoms with Crippen molar-refractivity contribution in [1.82, 2.24) is 14.9 Å². The summed E-state index contributed by atoms with van der Waals surface area (Å²) in [6.07, 6.45) is 4.19. The zero-order valence-electron chi connectivity index (χ0n) is 18.2. The van der Waals surface area contributed by atoms with Gasteiger partial charge in [-0.1, -0.05) is 11.2 Å². The van der Waals surface area contributed by atoms with Crippen LogP contribution in [0.15, 0.2) is 52.1 Å². The summed E-state index contributed by atoms with van der Waals surface area (Å²) in [5.74, 6) is 0.888. The van der Waals surface area contributed by atoms with Gasteiger partial charge in [0, 0.05) is 24.4 Å². The molecule has 0 fully saturated rings. The molecule has 0 saturated heterocycles. The van der Waals surface area contributed by atoms with Gasteiger partial charge in [0.15, 0.2) is 16.3 Å². The first kappa shape index (κ1) is 21.1. The van der Waals surface area contributed by atoms with Gasteiger partial charge in [0.25, 0.3) is 10.0 Å². The lowest BCUT2D eigenvalue weighted by Gasteiger charge is -2.14. The average molecular weight is 471 g/mol. The molecule has 0 amide bonds. The predicted molar refractivity (Wildman–Crippen MR) is 119 cm³/mol. The molecule has 2 aromatic carbocycles. The molecule has 5 rings (SSSR count). The van der Waals surface area contributed by atoms with Crippen LogP contribution in [0.1, 0.15) is 18.1 Å². The minimum absolute atomic E-state index is 0.0361. The number of anilines is 1. The van der Waals surface area contributed by atoms with Gasteiger partial charge in [-0.2, -0.15) is 5.10 Å². The molecule has 0 bridgehead atoms. The number of ether oxygens (including phenoxy) is 3. The predicted octanol–water partition coefficient (Wildman–Crippen LogP) is 3.21. The van der Waals surface area contributed by atoms with Crippen LogP contribution in [-0.2, 0) is 23.0 Å². The summed E-state index contributed by atoms with van der Waals surface area (Å²) in [6, 6.07) is 8.44. The summed E-state index contributed by atoms with van der Waals surface area (Å²) in [7, 11) is -1.35. The summed E-state index contributed by atoms with van der Waals surface area (Å²) in [5, 5.41) is 8.75. The maximum absolute atomic E-state index is 13.3. The highest BCUT2D eigenvalue weighted by Crippen LogP contribution is 2.43. The SMILES string of the molecule is COc1cccc(OC)c1S(=O)(=O)Nc1noc2cc(Cn3cccn3)c3c(c12)OC(C)C3. The highest BCUT2D eigenvalue weighted by molar-refractivity contribution is 7.93. The van der Waals surface area contributed by atoms with Crippen molar-refractivity contribution in [2.75, 3.05) is 18.9 Å². The number of benzene rings is 2. The average Bonchev–Trinajstić information content (AvgIpc) is 3.53. The van der Waals surface area contributed by atoms with E-state index in [9.17, 15) is 8.42 Å². The quantitative estimate of drug-likeness (QED) is 0.438. The fourth-order valence-corrected chi connectivity index (χ4v) is 5.41. The Morgan fingerprint density at radius 1 is 1.21 bits per heavy atom. The van der Waals surface area contributed by atoms with E-state index in [4.69, 9.17) is 18.7 Å². The molecule has 11 heteroatoms. The summed E-state index contributed by atoms with van der Waals surface area (Å²) in [5.41, 5.74) is 2.36. The zero-order valence-corrected chi connectivity index (χ0v) is 19.0. The van der Waals surface area contributed by atoms with Crippen LogP contribution in [0.4, 0.5) is 5.82 Å². The molecule has 0 radical (unpaired) electrons. The van der Waals surface area contributed by atoms with Crippen LogP contribution in [0.2, 0.25) is 0 Å². The first-order chi connectivity index (χ1) is 15.9. The molecule has 0 saturated carbocycles. The van der Waals surface area contributed by atoms with E-state index in [2.05, 4.69) is 15.0 Å². The highest BCUT2D eigenvalue weighted by Gasteiger charge is 2.32. The number of sulfonamides is 1. The van der Waals surface area contributed by atoms with Crippen LogP contribution in [0.25, 0.3) is 11.0 Å². The van der Waals surface area contributed by atoms with Gasteiger partial charge in [-0.15, -0.1) is 0 Å². The van der Waals surface area contributed by atoms with Crippen LogP contribution in [-0.4, -0.2) is 43.7 Å². The van der Waals surface area contributed by atoms with Gasteiger partial charge in [0.05, 0.1) is 20.8 Å². The summed E-state index contributed by atoms with van der Waals surface area (Å²) in [4.78, 5) is -0.132. The molecular formula is C22H22N4O6S. The van der Waals surface area contributed by atoms with Crippen molar-refractivity contribution in [2.45, 2.75) is 30.9 Å². The lowest BCUT2D eigenvalue weighted by molar-refractivity contribution is 0.257. The van der Waals surface area contributed by atoms with Gasteiger partial charge in [0.1, 0.15) is 28.7 Å². The molecule has 1 atom stereocenters. The van der Waals surface area contributed by atoms with E-state index in [0.717, 1.165) is 11.1 Å². The molecule has 10 nitrogen and oxygen atoms in total. The topological polar surface area (TPSA) is 118 Å². The maximum atomic E-state index is 13.3. The molecule has 4 aromatic rings. The number of methoxy groups -OCH3 is 2. The molecule has 1 N–H and O–H groups in total. The van der Waals surface area contributed by atoms with E-state index in [1.807, 2.05) is 25.3 Å². The van der Waals surface area contributed by atoms with Gasteiger partial charge >= 0.3 is 0 Å². The number of fused-ring (bicyclic) bond motifs is 3. The van der Waals surface area contributed by atoms with Crippen molar-refractivity contribution in [3.63, 3.8) is 0 Å². The van der Waals surface area contributed by atoms with Gasteiger partial charge < -0.3 is 18.7 Å². The lowest BCUT2D eigenvalue weighted by atomic mass is 10.0. The van der Waals surface area contributed by atoms with E-state index in [1.54, 1.807) is 29.1 Å². The monoisotopic (exact) mass is 470 g/mol. The Hall–Kier alpha value is -3.73. The van der Waals surface area contributed by atoms with E-state index < -0.39 is 10.0 Å². The highest BCUT2D eigenvalue weighted by atomic mass is 32.2. The van der Waals surface area contributed by atoms with Crippen molar-refractivity contribution < 1.29 is 27.2 Å². The van der Waals surface area contributed by atoms with E-state index >= 15 is 0 Å². The molecule has 1 unspecified atom stereocenters. The molecule has 1 aliphatic heterocycles. The Kier molecular flexibility index (Phi) is 5.12. The normalized spacial score (nSPS) is 15.3. The third-order valence-corrected chi connectivity index (χ3v) is 6.90. The first-order valence-corrected chi connectivity index (χ1v) is 11.7. The molecular weight excluding hydrogens is 448 g/mol. The van der Waals surface area contributed by atoms with Crippen molar-refractivity contribution in [3.05, 3.63) is 53.9 Å². The zero-order chi connectivity index (χ0) is 23.2. The fraction of sp³-hybridized carbons (Fsp3) is 0.273. The van der Waals surface area contributed by atoms with Gasteiger partial charge in [-0.05, 0) is 36.8 Å². The van der Waals surface area contributed by atoms with Crippen LogP contribution in [0.5, 0.6) is 17.2 Å². The summed E-state index contributed by atoms with van der Waals surface area (Å²) < 4.78 is 53.1. The molecule has 3 heterocycles. The van der Waals surface area contributed by atoms with Crippen LogP contribution < -0.4 is 18.9 Å². The molecule has 172 valence electrons. The third-order valence-electron chi connectivity index (χ3n) is 5.50. The van der Waals surface area contributed by atoms with Crippen molar-refractivity contribution in [1.29, 1.82) is 0 Å².